The molecule has 0 spiro atoms. The highest BCUT2D eigenvalue weighted by molar-refractivity contribution is 9.10. The molecule has 0 aliphatic rings. The van der Waals surface area contributed by atoms with Crippen LogP contribution in [-0.2, 0) is 10.2 Å². The van der Waals surface area contributed by atoms with Gasteiger partial charge in [-0.05, 0) is 58.1 Å². The molecule has 0 aliphatic heterocycles. The highest BCUT2D eigenvalue weighted by Crippen LogP contribution is 2.30. The van der Waals surface area contributed by atoms with Crippen molar-refractivity contribution >= 4 is 33.2 Å². The number of amides is 1. The topological polar surface area (TPSA) is 81.5 Å². The van der Waals surface area contributed by atoms with Crippen LogP contribution in [0.25, 0.3) is 0 Å². The van der Waals surface area contributed by atoms with Crippen LogP contribution in [0.3, 0.4) is 0 Å². The van der Waals surface area contributed by atoms with Crippen molar-refractivity contribution in [2.75, 3.05) is 11.9 Å². The van der Waals surface area contributed by atoms with E-state index < -0.39 is 4.92 Å². The highest BCUT2D eigenvalue weighted by atomic mass is 79.9. The van der Waals surface area contributed by atoms with Crippen LogP contribution < -0.4 is 10.1 Å². The van der Waals surface area contributed by atoms with Crippen molar-refractivity contribution in [3.05, 3.63) is 62.1 Å². The van der Waals surface area contributed by atoms with Gasteiger partial charge in [0.2, 0.25) is 0 Å². The lowest BCUT2D eigenvalue weighted by Gasteiger charge is -2.20. The van der Waals surface area contributed by atoms with Crippen LogP contribution in [0.2, 0.25) is 0 Å². The second-order valence-electron chi connectivity index (χ2n) is 6.99. The molecule has 0 radical (unpaired) electrons. The quantitative estimate of drug-likeness (QED) is 0.545. The summed E-state index contributed by atoms with van der Waals surface area (Å²) in [5, 5.41) is 13.6. The van der Waals surface area contributed by atoms with Crippen molar-refractivity contribution in [1.29, 1.82) is 0 Å². The SMILES string of the molecule is Cc1cc(OCC(=O)Nc2ccc(C(C)(C)C)cc2Br)ccc1[N+](=O)[O-]. The Morgan fingerprint density at radius 3 is 2.46 bits per heavy atom. The molecule has 2 aromatic carbocycles. The van der Waals surface area contributed by atoms with Gasteiger partial charge in [-0.2, -0.15) is 0 Å². The summed E-state index contributed by atoms with van der Waals surface area (Å²) in [7, 11) is 0. The number of ether oxygens (including phenoxy) is 1. The van der Waals surface area contributed by atoms with Crippen molar-refractivity contribution in [2.24, 2.45) is 0 Å². The summed E-state index contributed by atoms with van der Waals surface area (Å²) in [5.41, 5.74) is 2.33. The average molecular weight is 421 g/mol. The van der Waals surface area contributed by atoms with Crippen LogP contribution in [0.15, 0.2) is 40.9 Å². The van der Waals surface area contributed by atoms with E-state index in [1.54, 1.807) is 13.0 Å². The number of benzene rings is 2. The lowest BCUT2D eigenvalue weighted by atomic mass is 9.87. The first-order chi connectivity index (χ1) is 12.1. The molecule has 0 atom stereocenters. The molecule has 2 aromatic rings. The van der Waals surface area contributed by atoms with Gasteiger partial charge in [-0.3, -0.25) is 14.9 Å². The Labute approximate surface area is 160 Å². The summed E-state index contributed by atoms with van der Waals surface area (Å²) in [6.45, 7) is 7.79. The van der Waals surface area contributed by atoms with E-state index in [1.807, 2.05) is 18.2 Å². The zero-order chi connectivity index (χ0) is 19.5. The number of hydrogen-bond donors (Lipinski definition) is 1. The summed E-state index contributed by atoms with van der Waals surface area (Å²) in [5.74, 6) is 0.0932. The maximum absolute atomic E-state index is 12.1. The molecule has 0 saturated heterocycles. The maximum atomic E-state index is 12.1. The van der Waals surface area contributed by atoms with Crippen LogP contribution in [-0.4, -0.2) is 17.4 Å². The van der Waals surface area contributed by atoms with Crippen molar-refractivity contribution in [3.8, 4) is 5.75 Å². The van der Waals surface area contributed by atoms with Gasteiger partial charge in [-0.25, -0.2) is 0 Å². The molecule has 1 amide bonds. The molecule has 7 heteroatoms. The third kappa shape index (κ3) is 5.05. The molecule has 0 aliphatic carbocycles. The summed E-state index contributed by atoms with van der Waals surface area (Å²) in [6.07, 6.45) is 0. The van der Waals surface area contributed by atoms with E-state index in [2.05, 4.69) is 42.0 Å². The zero-order valence-corrected chi connectivity index (χ0v) is 16.7. The molecule has 0 fully saturated rings. The molecule has 0 saturated carbocycles. The first-order valence-corrected chi connectivity index (χ1v) is 8.85. The fraction of sp³-hybridized carbons (Fsp3) is 0.316. The monoisotopic (exact) mass is 420 g/mol. The van der Waals surface area contributed by atoms with Gasteiger partial charge in [0.1, 0.15) is 5.75 Å². The predicted octanol–water partition coefficient (Wildman–Crippen LogP) is 4.98. The van der Waals surface area contributed by atoms with Gasteiger partial charge in [0.15, 0.2) is 6.61 Å². The number of nitro benzene ring substituents is 1. The highest BCUT2D eigenvalue weighted by Gasteiger charge is 2.16. The van der Waals surface area contributed by atoms with E-state index in [0.29, 0.717) is 17.0 Å². The zero-order valence-electron chi connectivity index (χ0n) is 15.1. The Hall–Kier alpha value is -2.41. The molecular formula is C19H21BrN2O4. The number of rotatable bonds is 5. The summed E-state index contributed by atoms with van der Waals surface area (Å²) >= 11 is 3.48. The van der Waals surface area contributed by atoms with Crippen LogP contribution >= 0.6 is 15.9 Å². The third-order valence-corrected chi connectivity index (χ3v) is 4.50. The van der Waals surface area contributed by atoms with Crippen molar-refractivity contribution in [3.63, 3.8) is 0 Å². The number of carbonyl (C=O) groups is 1. The predicted molar refractivity (Wildman–Crippen MR) is 105 cm³/mol. The minimum absolute atomic E-state index is 0.0158. The fourth-order valence-corrected chi connectivity index (χ4v) is 2.82. The molecule has 1 N–H and O–H groups in total. The van der Waals surface area contributed by atoms with Gasteiger partial charge in [-0.15, -0.1) is 0 Å². The fourth-order valence-electron chi connectivity index (χ4n) is 2.34. The van der Waals surface area contributed by atoms with Crippen molar-refractivity contribution in [1.82, 2.24) is 0 Å². The lowest BCUT2D eigenvalue weighted by molar-refractivity contribution is -0.385. The Bertz CT molecular complexity index is 844. The number of halogens is 1. The van der Waals surface area contributed by atoms with Crippen LogP contribution in [0.1, 0.15) is 31.9 Å². The molecule has 0 bridgehead atoms. The van der Waals surface area contributed by atoms with Crippen molar-refractivity contribution in [2.45, 2.75) is 33.1 Å². The largest absolute Gasteiger partial charge is 0.484 e. The van der Waals surface area contributed by atoms with E-state index in [1.165, 1.54) is 12.1 Å². The second kappa shape index (κ2) is 7.86. The number of nitrogens with one attached hydrogen (secondary N) is 1. The lowest BCUT2D eigenvalue weighted by Crippen LogP contribution is -2.20. The van der Waals surface area contributed by atoms with Gasteiger partial charge in [-0.1, -0.05) is 26.8 Å². The normalized spacial score (nSPS) is 11.1. The number of nitrogens with zero attached hydrogens (tertiary/aromatic N) is 1. The van der Waals surface area contributed by atoms with Gasteiger partial charge in [0, 0.05) is 16.1 Å². The molecule has 26 heavy (non-hydrogen) atoms. The Kier molecular flexibility index (Phi) is 6.02. The molecular weight excluding hydrogens is 400 g/mol. The van der Waals surface area contributed by atoms with Gasteiger partial charge in [0.25, 0.3) is 11.6 Å². The summed E-state index contributed by atoms with van der Waals surface area (Å²) < 4.78 is 6.22. The standard InChI is InChI=1S/C19H21BrN2O4/c1-12-9-14(6-8-17(12)22(24)25)26-11-18(23)21-16-7-5-13(10-15(16)20)19(2,3)4/h5-10H,11H2,1-4H3,(H,21,23). The van der Waals surface area contributed by atoms with Crippen LogP contribution in [0.4, 0.5) is 11.4 Å². The molecule has 0 aromatic heterocycles. The molecule has 138 valence electrons. The number of aryl methyl sites for hydroxylation is 1. The number of carbonyl (C=O) groups excluding carboxylic acids is 1. The molecule has 6 nitrogen and oxygen atoms in total. The average Bonchev–Trinajstić information content (AvgIpc) is 2.53. The van der Waals surface area contributed by atoms with E-state index >= 15 is 0 Å². The minimum atomic E-state index is -0.454. The Balaban J connectivity index is 1.99. The summed E-state index contributed by atoms with van der Waals surface area (Å²) in [6, 6.07) is 10.2. The van der Waals surface area contributed by atoms with E-state index in [4.69, 9.17) is 4.74 Å². The number of nitro groups is 1. The molecule has 2 rings (SSSR count). The first-order valence-electron chi connectivity index (χ1n) is 8.05. The van der Waals surface area contributed by atoms with Crippen LogP contribution in [0.5, 0.6) is 5.75 Å². The second-order valence-corrected chi connectivity index (χ2v) is 7.84. The molecule has 0 heterocycles. The molecule has 0 unspecified atom stereocenters. The van der Waals surface area contributed by atoms with Crippen LogP contribution in [0, 0.1) is 17.0 Å². The number of anilines is 1. The number of hydrogen-bond acceptors (Lipinski definition) is 4. The van der Waals surface area contributed by atoms with E-state index in [0.717, 1.165) is 10.0 Å². The Morgan fingerprint density at radius 2 is 1.92 bits per heavy atom. The maximum Gasteiger partial charge on any atom is 0.272 e. The van der Waals surface area contributed by atoms with Gasteiger partial charge in [0.05, 0.1) is 10.6 Å². The van der Waals surface area contributed by atoms with E-state index in [9.17, 15) is 14.9 Å². The smallest absolute Gasteiger partial charge is 0.272 e. The third-order valence-electron chi connectivity index (χ3n) is 3.84. The Morgan fingerprint density at radius 1 is 1.23 bits per heavy atom. The first kappa shape index (κ1) is 19.9. The van der Waals surface area contributed by atoms with Gasteiger partial charge >= 0.3 is 0 Å². The summed E-state index contributed by atoms with van der Waals surface area (Å²) in [4.78, 5) is 22.5. The van der Waals surface area contributed by atoms with Crippen molar-refractivity contribution < 1.29 is 14.5 Å². The van der Waals surface area contributed by atoms with E-state index in [-0.39, 0.29) is 23.6 Å². The minimum Gasteiger partial charge on any atom is -0.484 e. The van der Waals surface area contributed by atoms with Gasteiger partial charge < -0.3 is 10.1 Å².